The Kier molecular flexibility index (Phi) is 6.34. The number of aromatic hydroxyl groups is 1. The van der Waals surface area contributed by atoms with Crippen molar-refractivity contribution in [3.63, 3.8) is 0 Å². The Morgan fingerprint density at radius 1 is 1.07 bits per heavy atom. The minimum absolute atomic E-state index is 0.111. The van der Waals surface area contributed by atoms with Gasteiger partial charge in [-0.15, -0.1) is 0 Å². The Labute approximate surface area is 165 Å². The number of rotatable bonds is 5. The molecule has 5 heteroatoms. The van der Waals surface area contributed by atoms with E-state index in [0.717, 1.165) is 43.4 Å². The quantitative estimate of drug-likeness (QED) is 0.780. The molecule has 0 aliphatic carbocycles. The molecule has 3 rings (SSSR count). The molecule has 148 valence electrons. The second kappa shape index (κ2) is 8.91. The van der Waals surface area contributed by atoms with Crippen LogP contribution in [0.1, 0.15) is 49.9 Å². The van der Waals surface area contributed by atoms with Crippen LogP contribution in [0.25, 0.3) is 11.1 Å². The lowest BCUT2D eigenvalue weighted by Crippen LogP contribution is -2.48. The number of phenolic OH excluding ortho intramolecular Hbond substituents is 1. The predicted octanol–water partition coefficient (Wildman–Crippen LogP) is 4.40. The molecule has 2 aromatic rings. The number of hydrogen-bond acceptors (Lipinski definition) is 4. The van der Waals surface area contributed by atoms with Crippen molar-refractivity contribution < 1.29 is 19.4 Å². The van der Waals surface area contributed by atoms with Crippen molar-refractivity contribution in [1.82, 2.24) is 4.90 Å². The third-order valence-electron chi connectivity index (χ3n) is 5.33. The van der Waals surface area contributed by atoms with Gasteiger partial charge in [-0.3, -0.25) is 4.79 Å². The number of carbonyl (C=O) groups is 2. The van der Waals surface area contributed by atoms with Gasteiger partial charge in [0.15, 0.2) is 6.10 Å². The van der Waals surface area contributed by atoms with Gasteiger partial charge in [0.2, 0.25) is 0 Å². The Hall–Kier alpha value is -2.82. The molecule has 1 N–H and O–H groups in total. The first-order valence-electron chi connectivity index (χ1n) is 9.90. The number of hydrogen-bond donors (Lipinski definition) is 1. The number of esters is 1. The van der Waals surface area contributed by atoms with E-state index in [1.54, 1.807) is 31.2 Å². The second-order valence-electron chi connectivity index (χ2n) is 7.26. The Morgan fingerprint density at radius 2 is 1.68 bits per heavy atom. The topological polar surface area (TPSA) is 66.8 Å². The molecule has 1 fully saturated rings. The van der Waals surface area contributed by atoms with Crippen LogP contribution < -0.4 is 0 Å². The maximum absolute atomic E-state index is 12.7. The van der Waals surface area contributed by atoms with Crippen LogP contribution in [0.5, 0.6) is 5.75 Å². The highest BCUT2D eigenvalue weighted by Gasteiger charge is 2.30. The molecule has 28 heavy (non-hydrogen) atoms. The average Bonchev–Trinajstić information content (AvgIpc) is 2.73. The van der Waals surface area contributed by atoms with Crippen LogP contribution in [0, 0.1) is 0 Å². The molecule has 0 saturated carbocycles. The fourth-order valence-electron chi connectivity index (χ4n) is 3.68. The molecular formula is C23H27NO4. The summed E-state index contributed by atoms with van der Waals surface area (Å²) in [6, 6.07) is 14.1. The smallest absolute Gasteiger partial charge is 0.338 e. The highest BCUT2D eigenvalue weighted by Crippen LogP contribution is 2.23. The van der Waals surface area contributed by atoms with Gasteiger partial charge in [-0.05, 0) is 68.0 Å². The first-order chi connectivity index (χ1) is 13.5. The molecule has 1 heterocycles. The van der Waals surface area contributed by atoms with Crippen molar-refractivity contribution in [2.75, 3.05) is 6.54 Å². The first-order valence-corrected chi connectivity index (χ1v) is 9.90. The molecule has 1 amide bonds. The largest absolute Gasteiger partial charge is 0.508 e. The summed E-state index contributed by atoms with van der Waals surface area (Å²) in [5.41, 5.74) is 2.28. The van der Waals surface area contributed by atoms with E-state index in [1.807, 2.05) is 29.2 Å². The van der Waals surface area contributed by atoms with Crippen LogP contribution in [0.3, 0.4) is 0 Å². The van der Waals surface area contributed by atoms with Gasteiger partial charge in [-0.1, -0.05) is 31.2 Å². The summed E-state index contributed by atoms with van der Waals surface area (Å²) in [4.78, 5) is 27.1. The van der Waals surface area contributed by atoms with Crippen molar-refractivity contribution in [2.45, 2.75) is 51.7 Å². The van der Waals surface area contributed by atoms with Gasteiger partial charge in [0.1, 0.15) is 5.75 Å². The van der Waals surface area contributed by atoms with E-state index in [1.165, 1.54) is 0 Å². The molecule has 2 aromatic carbocycles. The summed E-state index contributed by atoms with van der Waals surface area (Å²) in [6.07, 6.45) is 3.29. The zero-order valence-electron chi connectivity index (χ0n) is 16.4. The zero-order valence-corrected chi connectivity index (χ0v) is 16.4. The van der Waals surface area contributed by atoms with Crippen LogP contribution in [-0.2, 0) is 9.53 Å². The zero-order chi connectivity index (χ0) is 20.1. The first kappa shape index (κ1) is 19.9. The van der Waals surface area contributed by atoms with Crippen molar-refractivity contribution in [1.29, 1.82) is 0 Å². The lowest BCUT2D eigenvalue weighted by Gasteiger charge is -2.36. The minimum atomic E-state index is -0.795. The summed E-state index contributed by atoms with van der Waals surface area (Å²) in [5.74, 6) is -0.398. The molecule has 0 aromatic heterocycles. The minimum Gasteiger partial charge on any atom is -0.508 e. The summed E-state index contributed by atoms with van der Waals surface area (Å²) in [7, 11) is 0. The lowest BCUT2D eigenvalue weighted by atomic mass is 9.99. The number of likely N-dealkylation sites (tertiary alicyclic amines) is 1. The highest BCUT2D eigenvalue weighted by atomic mass is 16.5. The van der Waals surface area contributed by atoms with Gasteiger partial charge >= 0.3 is 5.97 Å². The third kappa shape index (κ3) is 4.53. The number of piperidine rings is 1. The molecule has 0 spiro atoms. The number of nitrogens with zero attached hydrogens (tertiary/aromatic N) is 1. The molecule has 0 radical (unpaired) electrons. The monoisotopic (exact) mass is 381 g/mol. The van der Waals surface area contributed by atoms with Crippen LogP contribution in [0.2, 0.25) is 0 Å². The van der Waals surface area contributed by atoms with Gasteiger partial charge in [-0.2, -0.15) is 0 Å². The van der Waals surface area contributed by atoms with Gasteiger partial charge in [0.25, 0.3) is 5.91 Å². The van der Waals surface area contributed by atoms with E-state index in [-0.39, 0.29) is 17.7 Å². The predicted molar refractivity (Wildman–Crippen MR) is 108 cm³/mol. The average molecular weight is 381 g/mol. The molecule has 0 bridgehead atoms. The van der Waals surface area contributed by atoms with Crippen LogP contribution >= 0.6 is 0 Å². The Balaban J connectivity index is 1.63. The molecule has 2 atom stereocenters. The second-order valence-corrected chi connectivity index (χ2v) is 7.26. The van der Waals surface area contributed by atoms with Gasteiger partial charge < -0.3 is 14.7 Å². The summed E-state index contributed by atoms with van der Waals surface area (Å²) in [5, 5.41) is 9.38. The fraction of sp³-hybridized carbons (Fsp3) is 0.391. The van der Waals surface area contributed by atoms with E-state index < -0.39 is 12.1 Å². The molecule has 1 aliphatic heterocycles. The summed E-state index contributed by atoms with van der Waals surface area (Å²) >= 11 is 0. The van der Waals surface area contributed by atoms with Crippen LogP contribution in [0.15, 0.2) is 48.5 Å². The Bertz CT molecular complexity index is 814. The maximum Gasteiger partial charge on any atom is 0.338 e. The van der Waals surface area contributed by atoms with Crippen molar-refractivity contribution >= 4 is 11.9 Å². The van der Waals surface area contributed by atoms with Crippen LogP contribution in [-0.4, -0.2) is 40.6 Å². The normalized spacial score (nSPS) is 17.8. The van der Waals surface area contributed by atoms with E-state index >= 15 is 0 Å². The number of benzene rings is 2. The van der Waals surface area contributed by atoms with Crippen molar-refractivity contribution in [2.24, 2.45) is 0 Å². The molecule has 0 unspecified atom stereocenters. The molecular weight excluding hydrogens is 354 g/mol. The van der Waals surface area contributed by atoms with Gasteiger partial charge in [0.05, 0.1) is 5.56 Å². The van der Waals surface area contributed by atoms with E-state index in [2.05, 4.69) is 6.92 Å². The van der Waals surface area contributed by atoms with Crippen LogP contribution in [0.4, 0.5) is 0 Å². The van der Waals surface area contributed by atoms with Gasteiger partial charge in [-0.25, -0.2) is 4.79 Å². The third-order valence-corrected chi connectivity index (χ3v) is 5.33. The summed E-state index contributed by atoms with van der Waals surface area (Å²) in [6.45, 7) is 4.47. The number of ether oxygens (including phenoxy) is 1. The SMILES string of the molecule is CC[C@@H]1CCCCN1C(=O)[C@H](C)OC(=O)c1ccc(-c2ccc(O)cc2)cc1. The lowest BCUT2D eigenvalue weighted by molar-refractivity contribution is -0.143. The van der Waals surface area contributed by atoms with Gasteiger partial charge in [0, 0.05) is 12.6 Å². The highest BCUT2D eigenvalue weighted by molar-refractivity contribution is 5.92. The fourth-order valence-corrected chi connectivity index (χ4v) is 3.68. The number of phenols is 1. The Morgan fingerprint density at radius 3 is 2.29 bits per heavy atom. The molecule has 1 aliphatic rings. The standard InChI is InChI=1S/C23H27NO4/c1-3-20-6-4-5-15-24(20)22(26)16(2)28-23(27)19-9-7-17(8-10-19)18-11-13-21(25)14-12-18/h7-14,16,20,25H,3-6,15H2,1-2H3/t16-,20+/m0/s1. The van der Waals surface area contributed by atoms with Crippen molar-refractivity contribution in [3.8, 4) is 16.9 Å². The van der Waals surface area contributed by atoms with E-state index in [9.17, 15) is 14.7 Å². The summed E-state index contributed by atoms with van der Waals surface area (Å²) < 4.78 is 5.44. The molecule has 5 nitrogen and oxygen atoms in total. The molecule has 1 saturated heterocycles. The maximum atomic E-state index is 12.7. The number of carbonyl (C=O) groups excluding carboxylic acids is 2. The number of amides is 1. The van der Waals surface area contributed by atoms with Crippen molar-refractivity contribution in [3.05, 3.63) is 54.1 Å². The van der Waals surface area contributed by atoms with E-state index in [0.29, 0.717) is 5.56 Å². The van der Waals surface area contributed by atoms with E-state index in [4.69, 9.17) is 4.74 Å².